The van der Waals surface area contributed by atoms with Crippen LogP contribution in [0.25, 0.3) is 0 Å². The van der Waals surface area contributed by atoms with Crippen LogP contribution in [0.5, 0.6) is 0 Å². The molecule has 27 heavy (non-hydrogen) atoms. The number of piperidine rings is 2. The van der Waals surface area contributed by atoms with Gasteiger partial charge >= 0.3 is 0 Å². The Morgan fingerprint density at radius 2 is 1.96 bits per heavy atom. The van der Waals surface area contributed by atoms with Gasteiger partial charge in [0.25, 0.3) is 0 Å². The van der Waals surface area contributed by atoms with E-state index in [1.807, 2.05) is 0 Å². The molecule has 3 unspecified atom stereocenters. The molecular weight excluding hydrogens is 336 g/mol. The van der Waals surface area contributed by atoms with Gasteiger partial charge in [-0.05, 0) is 43.6 Å². The zero-order valence-electron chi connectivity index (χ0n) is 16.1. The predicted octanol–water partition coefficient (Wildman–Crippen LogP) is 2.58. The van der Waals surface area contributed by atoms with Gasteiger partial charge in [0.2, 0.25) is 5.91 Å². The first-order valence-electron chi connectivity index (χ1n) is 10.7. The second kappa shape index (κ2) is 7.17. The maximum absolute atomic E-state index is 13.2. The molecule has 0 radical (unpaired) electrons. The summed E-state index contributed by atoms with van der Waals surface area (Å²) in [6.07, 6.45) is 5.94. The number of benzene rings is 1. The molecule has 0 aromatic heterocycles. The van der Waals surface area contributed by atoms with Crippen molar-refractivity contribution in [2.24, 2.45) is 16.8 Å². The molecular formula is C22H30N4O. The molecule has 3 aliphatic heterocycles. The van der Waals surface area contributed by atoms with Crippen molar-refractivity contribution in [3.05, 3.63) is 35.9 Å². The molecule has 1 aromatic rings. The summed E-state index contributed by atoms with van der Waals surface area (Å²) < 4.78 is 0. The van der Waals surface area contributed by atoms with Gasteiger partial charge in [0.1, 0.15) is 0 Å². The van der Waals surface area contributed by atoms with E-state index in [0.717, 1.165) is 64.0 Å². The van der Waals surface area contributed by atoms with Crippen LogP contribution in [-0.4, -0.2) is 65.3 Å². The number of hydrogen-bond donors (Lipinski definition) is 0. The second-order valence-corrected chi connectivity index (χ2v) is 8.70. The minimum absolute atomic E-state index is 0.153. The molecule has 3 heterocycles. The van der Waals surface area contributed by atoms with Gasteiger partial charge < -0.3 is 14.7 Å². The largest absolute Gasteiger partial charge is 0.342 e. The highest BCUT2D eigenvalue weighted by molar-refractivity contribution is 5.84. The first-order valence-corrected chi connectivity index (χ1v) is 10.7. The van der Waals surface area contributed by atoms with Gasteiger partial charge in [-0.15, -0.1) is 0 Å². The SMILES string of the molecule is O=C(C1CCCN(C2=NCCN2Cc2ccccc2)C1)N1CC2CCC1C2. The van der Waals surface area contributed by atoms with Crippen LogP contribution in [0, 0.1) is 11.8 Å². The summed E-state index contributed by atoms with van der Waals surface area (Å²) >= 11 is 0. The third kappa shape index (κ3) is 3.32. The lowest BCUT2D eigenvalue weighted by Gasteiger charge is -2.39. The molecule has 3 fully saturated rings. The topological polar surface area (TPSA) is 39.2 Å². The van der Waals surface area contributed by atoms with Crippen LogP contribution >= 0.6 is 0 Å². The zero-order chi connectivity index (χ0) is 18.2. The first kappa shape index (κ1) is 17.1. The number of aliphatic imine (C=N–C) groups is 1. The Balaban J connectivity index is 1.24. The van der Waals surface area contributed by atoms with E-state index in [1.165, 1.54) is 24.8 Å². The molecule has 2 bridgehead atoms. The highest BCUT2D eigenvalue weighted by Gasteiger charge is 2.43. The third-order valence-electron chi connectivity index (χ3n) is 6.87. The van der Waals surface area contributed by atoms with Crippen molar-refractivity contribution in [2.75, 3.05) is 32.7 Å². The van der Waals surface area contributed by atoms with E-state index in [2.05, 4.69) is 45.0 Å². The van der Waals surface area contributed by atoms with Crippen molar-refractivity contribution < 1.29 is 4.79 Å². The Morgan fingerprint density at radius 1 is 1.07 bits per heavy atom. The van der Waals surface area contributed by atoms with E-state index in [0.29, 0.717) is 11.9 Å². The summed E-state index contributed by atoms with van der Waals surface area (Å²) in [6.45, 7) is 5.64. The number of carbonyl (C=O) groups is 1. The fourth-order valence-electron chi connectivity index (χ4n) is 5.51. The number of likely N-dealkylation sites (tertiary alicyclic amines) is 2. The van der Waals surface area contributed by atoms with Crippen LogP contribution in [0.4, 0.5) is 0 Å². The summed E-state index contributed by atoms with van der Waals surface area (Å²) in [5.41, 5.74) is 1.32. The highest BCUT2D eigenvalue weighted by Crippen LogP contribution is 2.38. The minimum atomic E-state index is 0.153. The molecule has 0 spiro atoms. The molecule has 2 saturated heterocycles. The smallest absolute Gasteiger partial charge is 0.227 e. The molecule has 3 atom stereocenters. The molecule has 5 heteroatoms. The van der Waals surface area contributed by atoms with Gasteiger partial charge in [-0.2, -0.15) is 0 Å². The van der Waals surface area contributed by atoms with Gasteiger partial charge in [0.05, 0.1) is 12.5 Å². The normalized spacial score (nSPS) is 30.1. The maximum atomic E-state index is 13.2. The summed E-state index contributed by atoms with van der Waals surface area (Å²) in [5.74, 6) is 2.46. The summed E-state index contributed by atoms with van der Waals surface area (Å²) in [6, 6.07) is 11.2. The summed E-state index contributed by atoms with van der Waals surface area (Å²) in [4.78, 5) is 25.0. The second-order valence-electron chi connectivity index (χ2n) is 8.70. The van der Waals surface area contributed by atoms with E-state index in [1.54, 1.807) is 0 Å². The van der Waals surface area contributed by atoms with E-state index >= 15 is 0 Å². The van der Waals surface area contributed by atoms with Gasteiger partial charge in [-0.25, -0.2) is 0 Å². The Bertz CT molecular complexity index is 718. The first-order chi connectivity index (χ1) is 13.3. The quantitative estimate of drug-likeness (QED) is 0.825. The van der Waals surface area contributed by atoms with Crippen LogP contribution in [0.1, 0.15) is 37.7 Å². The Hall–Kier alpha value is -2.04. The van der Waals surface area contributed by atoms with Crippen molar-refractivity contribution in [3.63, 3.8) is 0 Å². The van der Waals surface area contributed by atoms with Gasteiger partial charge in [-0.3, -0.25) is 9.79 Å². The third-order valence-corrected chi connectivity index (χ3v) is 6.87. The Morgan fingerprint density at radius 3 is 2.74 bits per heavy atom. The number of rotatable bonds is 3. The van der Waals surface area contributed by atoms with Crippen molar-refractivity contribution >= 4 is 11.9 Å². The molecule has 144 valence electrons. The van der Waals surface area contributed by atoms with E-state index in [4.69, 9.17) is 4.99 Å². The van der Waals surface area contributed by atoms with Crippen LogP contribution in [0.15, 0.2) is 35.3 Å². The molecule has 5 rings (SSSR count). The lowest BCUT2D eigenvalue weighted by Crippen LogP contribution is -2.51. The number of guanidine groups is 1. The standard InChI is InChI=1S/C22H30N4O/c27-21(26-15-18-8-9-20(26)13-18)19-7-4-11-24(16-19)22-23-10-12-25(22)14-17-5-2-1-3-6-17/h1-3,5-6,18-20H,4,7-16H2. The fourth-order valence-corrected chi connectivity index (χ4v) is 5.51. The fraction of sp³-hybridized carbons (Fsp3) is 0.636. The molecule has 0 N–H and O–H groups in total. The monoisotopic (exact) mass is 366 g/mol. The Kier molecular flexibility index (Phi) is 4.54. The average molecular weight is 367 g/mol. The van der Waals surface area contributed by atoms with Crippen molar-refractivity contribution in [3.8, 4) is 0 Å². The number of nitrogens with zero attached hydrogens (tertiary/aromatic N) is 4. The van der Waals surface area contributed by atoms with Crippen molar-refractivity contribution in [1.82, 2.24) is 14.7 Å². The molecule has 5 nitrogen and oxygen atoms in total. The van der Waals surface area contributed by atoms with Crippen molar-refractivity contribution in [1.29, 1.82) is 0 Å². The molecule has 4 aliphatic rings. The van der Waals surface area contributed by atoms with E-state index < -0.39 is 0 Å². The lowest BCUT2D eigenvalue weighted by atomic mass is 9.95. The lowest BCUT2D eigenvalue weighted by molar-refractivity contribution is -0.138. The molecule has 1 saturated carbocycles. The van der Waals surface area contributed by atoms with Gasteiger partial charge in [-0.1, -0.05) is 30.3 Å². The molecule has 1 amide bonds. The minimum Gasteiger partial charge on any atom is -0.342 e. The van der Waals surface area contributed by atoms with Gasteiger partial charge in [0, 0.05) is 38.8 Å². The average Bonchev–Trinajstić information content (AvgIpc) is 3.45. The van der Waals surface area contributed by atoms with Gasteiger partial charge in [0.15, 0.2) is 5.96 Å². The van der Waals surface area contributed by atoms with E-state index in [9.17, 15) is 4.79 Å². The number of carbonyl (C=O) groups excluding carboxylic acids is 1. The predicted molar refractivity (Wildman–Crippen MR) is 106 cm³/mol. The van der Waals surface area contributed by atoms with E-state index in [-0.39, 0.29) is 5.92 Å². The summed E-state index contributed by atoms with van der Waals surface area (Å²) in [5, 5.41) is 0. The number of amides is 1. The van der Waals surface area contributed by atoms with Crippen LogP contribution in [0.2, 0.25) is 0 Å². The highest BCUT2D eigenvalue weighted by atomic mass is 16.2. The Labute approximate surface area is 162 Å². The van der Waals surface area contributed by atoms with Crippen LogP contribution in [0.3, 0.4) is 0 Å². The molecule has 1 aliphatic carbocycles. The zero-order valence-corrected chi connectivity index (χ0v) is 16.1. The number of fused-ring (bicyclic) bond motifs is 2. The van der Waals surface area contributed by atoms with Crippen LogP contribution in [-0.2, 0) is 11.3 Å². The number of hydrogen-bond acceptors (Lipinski definition) is 4. The maximum Gasteiger partial charge on any atom is 0.227 e. The van der Waals surface area contributed by atoms with Crippen molar-refractivity contribution in [2.45, 2.75) is 44.7 Å². The molecule has 1 aromatic carbocycles. The summed E-state index contributed by atoms with van der Waals surface area (Å²) in [7, 11) is 0. The van der Waals surface area contributed by atoms with Crippen LogP contribution < -0.4 is 0 Å².